The first-order valence-electron chi connectivity index (χ1n) is 3.14. The van der Waals surface area contributed by atoms with Crippen LogP contribution in [0.1, 0.15) is 10.5 Å². The second-order valence-corrected chi connectivity index (χ2v) is 2.14. The second kappa shape index (κ2) is 3.12. The van der Waals surface area contributed by atoms with Gasteiger partial charge in [0.2, 0.25) is 0 Å². The van der Waals surface area contributed by atoms with Gasteiger partial charge in [0.05, 0.1) is 6.07 Å². The molecule has 1 rings (SSSR count). The Morgan fingerprint density at radius 2 is 2.07 bits per heavy atom. The van der Waals surface area contributed by atoms with Gasteiger partial charge in [0.1, 0.15) is 0 Å². The van der Waals surface area contributed by atoms with Crippen LogP contribution in [-0.2, 0) is 0 Å². The summed E-state index contributed by atoms with van der Waals surface area (Å²) < 4.78 is -0.0105. The first kappa shape index (κ1) is 9.64. The van der Waals surface area contributed by atoms with Crippen LogP contribution in [0.2, 0.25) is 0 Å². The van der Waals surface area contributed by atoms with Gasteiger partial charge in [-0.1, -0.05) is 5.10 Å². The van der Waals surface area contributed by atoms with Crippen molar-refractivity contribution in [3.8, 4) is 0 Å². The number of carbonyl (C=O) groups is 2. The predicted octanol–water partition coefficient (Wildman–Crippen LogP) is 0.0156. The summed E-state index contributed by atoms with van der Waals surface area (Å²) in [4.78, 5) is 29.9. The summed E-state index contributed by atoms with van der Waals surface area (Å²) in [6.07, 6.45) is -1.72. The zero-order chi connectivity index (χ0) is 10.9. The van der Waals surface area contributed by atoms with E-state index in [9.17, 15) is 19.7 Å². The van der Waals surface area contributed by atoms with Gasteiger partial charge >= 0.3 is 17.9 Å². The highest BCUT2D eigenvalue weighted by atomic mass is 16.6. The lowest BCUT2D eigenvalue weighted by Crippen LogP contribution is -2.13. The molecule has 74 valence electrons. The molecule has 0 unspecified atom stereocenters. The van der Waals surface area contributed by atoms with E-state index in [-0.39, 0.29) is 4.68 Å². The summed E-state index contributed by atoms with van der Waals surface area (Å²) in [5.41, 5.74) is -0.695. The molecule has 0 saturated heterocycles. The molecule has 0 saturated carbocycles. The fourth-order valence-corrected chi connectivity index (χ4v) is 0.747. The van der Waals surface area contributed by atoms with Crippen LogP contribution in [0.4, 0.5) is 10.6 Å². The summed E-state index contributed by atoms with van der Waals surface area (Å²) in [5.74, 6) is -2.44. The average Bonchev–Trinajstić information content (AvgIpc) is 2.47. The van der Waals surface area contributed by atoms with Crippen molar-refractivity contribution in [1.29, 1.82) is 0 Å². The average molecular weight is 201 g/mol. The fraction of sp³-hybridized carbons (Fsp3) is 0. The molecule has 0 atom stereocenters. The largest absolute Gasteiger partial charge is 0.531 e. The Morgan fingerprint density at radius 3 is 2.36 bits per heavy atom. The highest BCUT2D eigenvalue weighted by Crippen LogP contribution is 2.12. The van der Waals surface area contributed by atoms with Crippen LogP contribution in [0.15, 0.2) is 6.07 Å². The summed E-state index contributed by atoms with van der Waals surface area (Å²) in [6.45, 7) is 0. The van der Waals surface area contributed by atoms with Crippen LogP contribution in [0.25, 0.3) is 0 Å². The van der Waals surface area contributed by atoms with E-state index in [0.29, 0.717) is 6.07 Å². The number of hydrogen-bond donors (Lipinski definition) is 2. The van der Waals surface area contributed by atoms with Crippen molar-refractivity contribution in [2.75, 3.05) is 0 Å². The first-order valence-corrected chi connectivity index (χ1v) is 3.14. The molecule has 0 aliphatic rings. The number of nitro groups is 1. The van der Waals surface area contributed by atoms with E-state index in [4.69, 9.17) is 10.2 Å². The third-order valence-corrected chi connectivity index (χ3v) is 1.28. The minimum Gasteiger partial charge on any atom is -0.476 e. The van der Waals surface area contributed by atoms with Crippen LogP contribution in [-0.4, -0.2) is 37.0 Å². The molecule has 1 aromatic rings. The molecule has 9 heteroatoms. The van der Waals surface area contributed by atoms with Gasteiger partial charge in [-0.05, 0) is 9.61 Å². The molecule has 0 aliphatic heterocycles. The standard InChI is InChI=1S/C5H3N3O6/c9-4(10)2-1-3(8(13)14)7(6-2)5(11)12/h1H,(H,9,10)(H,11,12). The van der Waals surface area contributed by atoms with Crippen molar-refractivity contribution >= 4 is 17.9 Å². The third kappa shape index (κ3) is 1.50. The zero-order valence-electron chi connectivity index (χ0n) is 6.45. The molecule has 1 heterocycles. The molecule has 1 aromatic heterocycles. The maximum absolute atomic E-state index is 10.4. The van der Waals surface area contributed by atoms with Gasteiger partial charge in [0.15, 0.2) is 5.69 Å². The Morgan fingerprint density at radius 1 is 1.50 bits per heavy atom. The zero-order valence-corrected chi connectivity index (χ0v) is 6.45. The number of carboxylic acids is 1. The number of hydrogen-bond acceptors (Lipinski definition) is 5. The lowest BCUT2D eigenvalue weighted by molar-refractivity contribution is -0.391. The van der Waals surface area contributed by atoms with E-state index >= 15 is 0 Å². The van der Waals surface area contributed by atoms with Crippen LogP contribution in [0.5, 0.6) is 0 Å². The minimum absolute atomic E-state index is 0.0105. The summed E-state index contributed by atoms with van der Waals surface area (Å²) in [6, 6.07) is 0.566. The smallest absolute Gasteiger partial charge is 0.476 e. The van der Waals surface area contributed by atoms with Crippen LogP contribution in [0.3, 0.4) is 0 Å². The van der Waals surface area contributed by atoms with Gasteiger partial charge in [-0.2, -0.15) is 4.79 Å². The van der Waals surface area contributed by atoms with E-state index in [1.54, 1.807) is 0 Å². The first-order chi connectivity index (χ1) is 6.43. The Labute approximate surface area is 75.3 Å². The topological polar surface area (TPSA) is 136 Å². The molecular formula is C5H3N3O6. The summed E-state index contributed by atoms with van der Waals surface area (Å²) in [7, 11) is 0. The van der Waals surface area contributed by atoms with Crippen LogP contribution < -0.4 is 0 Å². The molecule has 14 heavy (non-hydrogen) atoms. The fourth-order valence-electron chi connectivity index (χ4n) is 0.747. The lowest BCUT2D eigenvalue weighted by Gasteiger charge is -1.90. The maximum Gasteiger partial charge on any atom is 0.531 e. The Hall–Kier alpha value is -2.45. The number of rotatable bonds is 2. The lowest BCUT2D eigenvalue weighted by atomic mass is 10.4. The van der Waals surface area contributed by atoms with Gasteiger partial charge < -0.3 is 20.3 Å². The maximum atomic E-state index is 10.4. The number of aromatic carboxylic acids is 1. The molecule has 0 aromatic carbocycles. The molecule has 9 nitrogen and oxygen atoms in total. The van der Waals surface area contributed by atoms with Gasteiger partial charge in [-0.25, -0.2) is 4.79 Å². The summed E-state index contributed by atoms with van der Waals surface area (Å²) in [5, 5.41) is 30.1. The molecule has 2 N–H and O–H groups in total. The number of aromatic nitrogens is 2. The van der Waals surface area contributed by atoms with E-state index in [2.05, 4.69) is 5.10 Å². The SMILES string of the molecule is O=C(O)c1cc([N+](=O)[O-])n(C(=O)O)n1. The third-order valence-electron chi connectivity index (χ3n) is 1.28. The number of nitrogens with zero attached hydrogens (tertiary/aromatic N) is 3. The molecule has 0 spiro atoms. The van der Waals surface area contributed by atoms with E-state index in [0.717, 1.165) is 0 Å². The highest BCUT2D eigenvalue weighted by molar-refractivity contribution is 5.87. The highest BCUT2D eigenvalue weighted by Gasteiger charge is 2.26. The predicted molar refractivity (Wildman–Crippen MR) is 39.3 cm³/mol. The van der Waals surface area contributed by atoms with E-state index < -0.39 is 28.5 Å². The minimum atomic E-state index is -1.72. The second-order valence-electron chi connectivity index (χ2n) is 2.14. The van der Waals surface area contributed by atoms with Crippen molar-refractivity contribution < 1.29 is 24.7 Å². The van der Waals surface area contributed by atoms with Crippen molar-refractivity contribution in [2.45, 2.75) is 0 Å². The Kier molecular flexibility index (Phi) is 2.15. The monoisotopic (exact) mass is 201 g/mol. The van der Waals surface area contributed by atoms with Crippen LogP contribution >= 0.6 is 0 Å². The van der Waals surface area contributed by atoms with E-state index in [1.807, 2.05) is 0 Å². The quantitative estimate of drug-likeness (QED) is 0.508. The summed E-state index contributed by atoms with van der Waals surface area (Å²) >= 11 is 0. The van der Waals surface area contributed by atoms with Crippen molar-refractivity contribution in [2.24, 2.45) is 0 Å². The van der Waals surface area contributed by atoms with Crippen LogP contribution in [0, 0.1) is 10.1 Å². The van der Waals surface area contributed by atoms with Crippen molar-refractivity contribution in [3.63, 3.8) is 0 Å². The van der Waals surface area contributed by atoms with Gasteiger partial charge in [0, 0.05) is 0 Å². The molecule has 0 bridgehead atoms. The molecule has 0 aliphatic carbocycles. The molecular weight excluding hydrogens is 198 g/mol. The number of carboxylic acid groups (broad SMARTS) is 2. The molecule has 0 amide bonds. The van der Waals surface area contributed by atoms with Gasteiger partial charge in [-0.15, -0.1) is 0 Å². The van der Waals surface area contributed by atoms with Crippen molar-refractivity contribution in [1.82, 2.24) is 9.78 Å². The van der Waals surface area contributed by atoms with Gasteiger partial charge in [-0.3, -0.25) is 0 Å². The molecule has 0 radical (unpaired) electrons. The molecule has 0 fully saturated rings. The normalized spacial score (nSPS) is 9.71. The van der Waals surface area contributed by atoms with Crippen molar-refractivity contribution in [3.05, 3.63) is 21.9 Å². The Bertz CT molecular complexity index is 390. The Balaban J connectivity index is 3.33. The van der Waals surface area contributed by atoms with Gasteiger partial charge in [0.25, 0.3) is 0 Å². The van der Waals surface area contributed by atoms with E-state index in [1.165, 1.54) is 0 Å².